The van der Waals surface area contributed by atoms with Crippen molar-refractivity contribution in [3.05, 3.63) is 23.3 Å². The fraction of sp³-hybridized carbons (Fsp3) is 0.429. The van der Waals surface area contributed by atoms with Crippen LogP contribution in [0.25, 0.3) is 0 Å². The number of alkyl halides is 2. The standard InChI is InChI=1S/C7H7Cl3/c1-7(10)3-2-5(8)4-6(7)9/h2-4,6H,1H3. The Labute approximate surface area is 75.5 Å². The zero-order chi connectivity index (χ0) is 7.78. The number of hydrogen-bond acceptors (Lipinski definition) is 0. The summed E-state index contributed by atoms with van der Waals surface area (Å²) in [6.07, 6.45) is 5.29. The van der Waals surface area contributed by atoms with Crippen LogP contribution in [0.1, 0.15) is 6.92 Å². The van der Waals surface area contributed by atoms with E-state index in [-0.39, 0.29) is 5.38 Å². The lowest BCUT2D eigenvalue weighted by Gasteiger charge is -2.24. The van der Waals surface area contributed by atoms with E-state index in [0.29, 0.717) is 5.03 Å². The average molecular weight is 197 g/mol. The fourth-order valence-corrected chi connectivity index (χ4v) is 1.28. The van der Waals surface area contributed by atoms with Gasteiger partial charge in [-0.2, -0.15) is 0 Å². The minimum atomic E-state index is -0.486. The highest BCUT2D eigenvalue weighted by Gasteiger charge is 2.28. The van der Waals surface area contributed by atoms with Gasteiger partial charge in [-0.25, -0.2) is 0 Å². The zero-order valence-corrected chi connectivity index (χ0v) is 7.71. The Morgan fingerprint density at radius 2 is 2.20 bits per heavy atom. The highest BCUT2D eigenvalue weighted by molar-refractivity contribution is 6.37. The van der Waals surface area contributed by atoms with Gasteiger partial charge in [-0.3, -0.25) is 0 Å². The summed E-state index contributed by atoms with van der Waals surface area (Å²) >= 11 is 17.5. The molecular formula is C7H7Cl3. The molecule has 0 aliphatic heterocycles. The molecule has 0 radical (unpaired) electrons. The van der Waals surface area contributed by atoms with Crippen molar-refractivity contribution >= 4 is 34.8 Å². The molecular weight excluding hydrogens is 190 g/mol. The van der Waals surface area contributed by atoms with Gasteiger partial charge in [0.05, 0.1) is 10.3 Å². The van der Waals surface area contributed by atoms with Crippen LogP contribution in [0.4, 0.5) is 0 Å². The maximum absolute atomic E-state index is 5.97. The van der Waals surface area contributed by atoms with Crippen LogP contribution in [0, 0.1) is 0 Å². The average Bonchev–Trinajstić information content (AvgIpc) is 1.81. The molecule has 2 unspecified atom stereocenters. The molecule has 0 nitrogen and oxygen atoms in total. The van der Waals surface area contributed by atoms with Crippen molar-refractivity contribution in [3.63, 3.8) is 0 Å². The summed E-state index contributed by atoms with van der Waals surface area (Å²) < 4.78 is 0. The first-order chi connectivity index (χ1) is 4.52. The maximum atomic E-state index is 5.97. The van der Waals surface area contributed by atoms with Crippen molar-refractivity contribution in [2.45, 2.75) is 17.2 Å². The van der Waals surface area contributed by atoms with Crippen LogP contribution in [-0.2, 0) is 0 Å². The van der Waals surface area contributed by atoms with Crippen LogP contribution >= 0.6 is 34.8 Å². The molecule has 56 valence electrons. The van der Waals surface area contributed by atoms with Crippen LogP contribution in [-0.4, -0.2) is 10.3 Å². The maximum Gasteiger partial charge on any atom is 0.0800 e. The van der Waals surface area contributed by atoms with Crippen LogP contribution in [0.15, 0.2) is 23.3 Å². The Hall–Kier alpha value is 0.350. The van der Waals surface area contributed by atoms with Gasteiger partial charge in [-0.15, -0.1) is 23.2 Å². The second-order valence-corrected chi connectivity index (χ2v) is 4.16. The minimum absolute atomic E-state index is 0.216. The molecule has 0 amide bonds. The van der Waals surface area contributed by atoms with E-state index in [1.54, 1.807) is 18.2 Å². The summed E-state index contributed by atoms with van der Waals surface area (Å²) in [7, 11) is 0. The highest BCUT2D eigenvalue weighted by Crippen LogP contribution is 2.32. The summed E-state index contributed by atoms with van der Waals surface area (Å²) in [5.41, 5.74) is 0. The Morgan fingerprint density at radius 3 is 2.60 bits per heavy atom. The first kappa shape index (κ1) is 8.45. The smallest absolute Gasteiger partial charge is 0.0800 e. The fourth-order valence-electron chi connectivity index (χ4n) is 0.693. The molecule has 0 heterocycles. The molecule has 0 aromatic carbocycles. The predicted molar refractivity (Wildman–Crippen MR) is 47.0 cm³/mol. The summed E-state index contributed by atoms with van der Waals surface area (Å²) in [6, 6.07) is 0. The molecule has 0 bridgehead atoms. The van der Waals surface area contributed by atoms with Gasteiger partial charge >= 0.3 is 0 Å². The molecule has 1 aliphatic carbocycles. The Bertz CT molecular complexity index is 191. The lowest BCUT2D eigenvalue weighted by Crippen LogP contribution is -2.26. The van der Waals surface area contributed by atoms with Crippen LogP contribution in [0.5, 0.6) is 0 Å². The first-order valence-corrected chi connectivity index (χ1v) is 4.11. The van der Waals surface area contributed by atoms with E-state index in [0.717, 1.165) is 0 Å². The Kier molecular flexibility index (Phi) is 2.34. The van der Waals surface area contributed by atoms with Gasteiger partial charge in [-0.1, -0.05) is 17.7 Å². The number of hydrogen-bond donors (Lipinski definition) is 0. The zero-order valence-electron chi connectivity index (χ0n) is 5.44. The first-order valence-electron chi connectivity index (χ1n) is 2.92. The third-order valence-electron chi connectivity index (χ3n) is 1.41. The molecule has 0 saturated heterocycles. The van der Waals surface area contributed by atoms with Gasteiger partial charge in [0.2, 0.25) is 0 Å². The largest absolute Gasteiger partial charge is 0.116 e. The van der Waals surface area contributed by atoms with E-state index in [9.17, 15) is 0 Å². The Morgan fingerprint density at radius 1 is 1.60 bits per heavy atom. The predicted octanol–water partition coefficient (Wildman–Crippen LogP) is 3.28. The lowest BCUT2D eigenvalue weighted by atomic mass is 10.0. The van der Waals surface area contributed by atoms with Crippen molar-refractivity contribution in [2.24, 2.45) is 0 Å². The summed E-state index contributed by atoms with van der Waals surface area (Å²) in [5, 5.41) is 0.435. The second-order valence-electron chi connectivity index (χ2n) is 2.44. The topological polar surface area (TPSA) is 0 Å². The third kappa shape index (κ3) is 1.69. The van der Waals surface area contributed by atoms with Gasteiger partial charge in [0.15, 0.2) is 0 Å². The molecule has 0 saturated carbocycles. The van der Waals surface area contributed by atoms with Gasteiger partial charge in [0.1, 0.15) is 0 Å². The van der Waals surface area contributed by atoms with E-state index in [1.165, 1.54) is 0 Å². The van der Waals surface area contributed by atoms with Crippen molar-refractivity contribution < 1.29 is 0 Å². The SMILES string of the molecule is CC1(Cl)C=CC(Cl)=CC1Cl. The molecule has 0 spiro atoms. The molecule has 3 heteroatoms. The molecule has 1 rings (SSSR count). The van der Waals surface area contributed by atoms with Crippen LogP contribution < -0.4 is 0 Å². The second kappa shape index (κ2) is 2.77. The minimum Gasteiger partial charge on any atom is -0.116 e. The van der Waals surface area contributed by atoms with Crippen molar-refractivity contribution in [1.82, 2.24) is 0 Å². The molecule has 10 heavy (non-hydrogen) atoms. The highest BCUT2D eigenvalue weighted by atomic mass is 35.5. The van der Waals surface area contributed by atoms with E-state index >= 15 is 0 Å². The van der Waals surface area contributed by atoms with E-state index in [2.05, 4.69) is 0 Å². The quantitative estimate of drug-likeness (QED) is 0.523. The molecule has 0 fully saturated rings. The number of rotatable bonds is 0. The molecule has 0 N–H and O–H groups in total. The van der Waals surface area contributed by atoms with E-state index in [4.69, 9.17) is 34.8 Å². The number of allylic oxidation sites excluding steroid dienone is 4. The summed E-state index contributed by atoms with van der Waals surface area (Å²) in [5.74, 6) is 0. The lowest BCUT2D eigenvalue weighted by molar-refractivity contribution is 0.789. The van der Waals surface area contributed by atoms with Gasteiger partial charge < -0.3 is 0 Å². The van der Waals surface area contributed by atoms with Gasteiger partial charge in [0.25, 0.3) is 0 Å². The molecule has 0 aromatic heterocycles. The van der Waals surface area contributed by atoms with Crippen molar-refractivity contribution in [2.75, 3.05) is 0 Å². The van der Waals surface area contributed by atoms with Gasteiger partial charge in [-0.05, 0) is 19.1 Å². The van der Waals surface area contributed by atoms with Crippen molar-refractivity contribution in [3.8, 4) is 0 Å². The molecule has 2 atom stereocenters. The molecule has 0 aromatic rings. The van der Waals surface area contributed by atoms with E-state index in [1.807, 2.05) is 6.92 Å². The summed E-state index contributed by atoms with van der Waals surface area (Å²) in [6.45, 7) is 1.85. The summed E-state index contributed by atoms with van der Waals surface area (Å²) in [4.78, 5) is -0.486. The number of halogens is 3. The third-order valence-corrected chi connectivity index (χ3v) is 2.72. The monoisotopic (exact) mass is 196 g/mol. The molecule has 1 aliphatic rings. The van der Waals surface area contributed by atoms with Crippen molar-refractivity contribution in [1.29, 1.82) is 0 Å². The van der Waals surface area contributed by atoms with Gasteiger partial charge in [0, 0.05) is 5.03 Å². The normalized spacial score (nSPS) is 39.6. The Balaban J connectivity index is 2.84. The van der Waals surface area contributed by atoms with Crippen LogP contribution in [0.2, 0.25) is 0 Å². The van der Waals surface area contributed by atoms with E-state index < -0.39 is 4.87 Å². The van der Waals surface area contributed by atoms with Crippen LogP contribution in [0.3, 0.4) is 0 Å².